The fraction of sp³-hybridized carbons (Fsp3) is 0.318. The molecule has 0 bridgehead atoms. The van der Waals surface area contributed by atoms with Crippen molar-refractivity contribution in [1.82, 2.24) is 10.2 Å². The average molecular weight is 444 g/mol. The molecule has 30 heavy (non-hydrogen) atoms. The van der Waals surface area contributed by atoms with Gasteiger partial charge in [-0.15, -0.1) is 11.8 Å². The Bertz CT molecular complexity index is 966. The molecule has 1 atom stereocenters. The maximum absolute atomic E-state index is 13.2. The Morgan fingerprint density at radius 3 is 2.70 bits per heavy atom. The molecule has 0 radical (unpaired) electrons. The molecule has 2 aromatic carbocycles. The Morgan fingerprint density at radius 2 is 1.90 bits per heavy atom. The predicted octanol–water partition coefficient (Wildman–Crippen LogP) is 3.20. The molecule has 0 saturated carbocycles. The van der Waals surface area contributed by atoms with Crippen molar-refractivity contribution in [2.24, 2.45) is 0 Å². The van der Waals surface area contributed by atoms with Crippen LogP contribution in [-0.4, -0.2) is 54.1 Å². The van der Waals surface area contributed by atoms with Gasteiger partial charge in [-0.2, -0.15) is 0 Å². The Morgan fingerprint density at radius 1 is 1.13 bits per heavy atom. The van der Waals surface area contributed by atoms with Crippen LogP contribution >= 0.6 is 23.4 Å². The van der Waals surface area contributed by atoms with E-state index in [0.29, 0.717) is 41.5 Å². The van der Waals surface area contributed by atoms with Gasteiger partial charge >= 0.3 is 0 Å². The van der Waals surface area contributed by atoms with Gasteiger partial charge in [-0.3, -0.25) is 14.4 Å². The topological polar surface area (TPSA) is 69.7 Å². The molecule has 2 aromatic rings. The number of hydrogen-bond acceptors (Lipinski definition) is 4. The van der Waals surface area contributed by atoms with Crippen molar-refractivity contribution in [3.05, 3.63) is 59.1 Å². The summed E-state index contributed by atoms with van der Waals surface area (Å²) < 4.78 is 0. The molecule has 3 amide bonds. The number of halogens is 1. The second kappa shape index (κ2) is 9.10. The van der Waals surface area contributed by atoms with E-state index < -0.39 is 6.04 Å². The molecule has 0 spiro atoms. The summed E-state index contributed by atoms with van der Waals surface area (Å²) in [6, 6.07) is 14.1. The van der Waals surface area contributed by atoms with Crippen molar-refractivity contribution in [3.63, 3.8) is 0 Å². The van der Waals surface area contributed by atoms with Crippen LogP contribution in [0.25, 0.3) is 0 Å². The van der Waals surface area contributed by atoms with Crippen LogP contribution in [0.15, 0.2) is 53.4 Å². The second-order valence-corrected chi connectivity index (χ2v) is 8.86. The molecule has 8 heteroatoms. The van der Waals surface area contributed by atoms with Crippen LogP contribution in [0.1, 0.15) is 23.2 Å². The van der Waals surface area contributed by atoms with Crippen molar-refractivity contribution in [2.75, 3.05) is 30.3 Å². The standard InChI is InChI=1S/C22H22ClN3O3S/c23-15-7-9-16(10-8-15)30-13-11-24-20(27)14-26-18-5-2-1-4-17(18)21(28)25-12-3-6-19(25)22(26)29/h1-2,4-5,7-10,19H,3,6,11-14H2,(H,24,27). The fourth-order valence-corrected chi connectivity index (χ4v) is 4.76. The van der Waals surface area contributed by atoms with Crippen molar-refractivity contribution in [1.29, 1.82) is 0 Å². The Labute approximate surface area is 184 Å². The number of rotatable bonds is 6. The number of carbonyl (C=O) groups is 3. The highest BCUT2D eigenvalue weighted by atomic mass is 35.5. The molecule has 1 N–H and O–H groups in total. The van der Waals surface area contributed by atoms with Crippen LogP contribution in [0.3, 0.4) is 0 Å². The number of thioether (sulfide) groups is 1. The molecule has 2 heterocycles. The van der Waals surface area contributed by atoms with Gasteiger partial charge in [0.1, 0.15) is 12.6 Å². The van der Waals surface area contributed by atoms with Gasteiger partial charge in [-0.05, 0) is 49.2 Å². The van der Waals surface area contributed by atoms with Crippen LogP contribution in [0.4, 0.5) is 5.69 Å². The van der Waals surface area contributed by atoms with E-state index in [4.69, 9.17) is 11.6 Å². The number of carbonyl (C=O) groups excluding carboxylic acids is 3. The highest BCUT2D eigenvalue weighted by Gasteiger charge is 2.42. The Hall–Kier alpha value is -2.51. The summed E-state index contributed by atoms with van der Waals surface area (Å²) in [5.74, 6) is 0.140. The first-order chi connectivity index (χ1) is 14.5. The maximum Gasteiger partial charge on any atom is 0.256 e. The molecule has 2 aliphatic heterocycles. The van der Waals surface area contributed by atoms with Gasteiger partial charge in [0.15, 0.2) is 0 Å². The van der Waals surface area contributed by atoms with Crippen molar-refractivity contribution < 1.29 is 14.4 Å². The van der Waals surface area contributed by atoms with Crippen molar-refractivity contribution >= 4 is 46.8 Å². The lowest BCUT2D eigenvalue weighted by molar-refractivity contribution is -0.125. The normalized spacial score (nSPS) is 18.1. The van der Waals surface area contributed by atoms with E-state index in [1.165, 1.54) is 4.90 Å². The Kier molecular flexibility index (Phi) is 6.29. The average Bonchev–Trinajstić information content (AvgIpc) is 3.23. The van der Waals surface area contributed by atoms with Gasteiger partial charge in [-0.25, -0.2) is 0 Å². The van der Waals surface area contributed by atoms with E-state index in [1.807, 2.05) is 24.3 Å². The lowest BCUT2D eigenvalue weighted by Crippen LogP contribution is -2.48. The lowest BCUT2D eigenvalue weighted by atomic mass is 10.1. The summed E-state index contributed by atoms with van der Waals surface area (Å²) in [6.45, 7) is 0.953. The third-order valence-electron chi connectivity index (χ3n) is 5.30. The molecular weight excluding hydrogens is 422 g/mol. The molecule has 2 aliphatic rings. The van der Waals surface area contributed by atoms with Crippen molar-refractivity contribution in [3.8, 4) is 0 Å². The van der Waals surface area contributed by atoms with E-state index in [1.54, 1.807) is 40.9 Å². The van der Waals surface area contributed by atoms with Gasteiger partial charge in [0, 0.05) is 28.8 Å². The lowest BCUT2D eigenvalue weighted by Gasteiger charge is -2.25. The number of amides is 3. The molecule has 1 fully saturated rings. The summed E-state index contributed by atoms with van der Waals surface area (Å²) in [5.41, 5.74) is 0.980. The summed E-state index contributed by atoms with van der Waals surface area (Å²) in [4.78, 5) is 42.8. The minimum absolute atomic E-state index is 0.0981. The van der Waals surface area contributed by atoms with Crippen LogP contribution in [0, 0.1) is 0 Å². The van der Waals surface area contributed by atoms with Crippen LogP contribution in [-0.2, 0) is 9.59 Å². The molecule has 1 saturated heterocycles. The van der Waals surface area contributed by atoms with Crippen LogP contribution < -0.4 is 10.2 Å². The number of para-hydroxylation sites is 1. The van der Waals surface area contributed by atoms with E-state index in [9.17, 15) is 14.4 Å². The largest absolute Gasteiger partial charge is 0.354 e. The minimum Gasteiger partial charge on any atom is -0.354 e. The highest BCUT2D eigenvalue weighted by Crippen LogP contribution is 2.32. The first-order valence-electron chi connectivity index (χ1n) is 9.91. The van der Waals surface area contributed by atoms with E-state index in [0.717, 1.165) is 11.3 Å². The zero-order valence-electron chi connectivity index (χ0n) is 16.3. The highest BCUT2D eigenvalue weighted by molar-refractivity contribution is 7.99. The molecular formula is C22H22ClN3O3S. The molecule has 0 aromatic heterocycles. The SMILES string of the molecule is O=C(CN1C(=O)C2CCCN2C(=O)c2ccccc21)NCCSc1ccc(Cl)cc1. The number of nitrogens with one attached hydrogen (secondary N) is 1. The number of anilines is 1. The summed E-state index contributed by atoms with van der Waals surface area (Å²) in [6.07, 6.45) is 1.43. The van der Waals surface area contributed by atoms with E-state index in [2.05, 4.69) is 5.32 Å². The molecule has 0 aliphatic carbocycles. The summed E-state index contributed by atoms with van der Waals surface area (Å²) in [5, 5.41) is 3.57. The maximum atomic E-state index is 13.2. The van der Waals surface area contributed by atoms with Gasteiger partial charge in [0.2, 0.25) is 11.8 Å². The molecule has 156 valence electrons. The van der Waals surface area contributed by atoms with Crippen LogP contribution in [0.2, 0.25) is 5.02 Å². The monoisotopic (exact) mass is 443 g/mol. The third kappa shape index (κ3) is 4.32. The second-order valence-electron chi connectivity index (χ2n) is 7.25. The number of nitrogens with zero attached hydrogens (tertiary/aromatic N) is 2. The first-order valence-corrected chi connectivity index (χ1v) is 11.3. The number of benzene rings is 2. The number of hydrogen-bond donors (Lipinski definition) is 1. The molecule has 1 unspecified atom stereocenters. The van der Waals surface area contributed by atoms with Crippen LogP contribution in [0.5, 0.6) is 0 Å². The first kappa shape index (κ1) is 20.8. The predicted molar refractivity (Wildman–Crippen MR) is 118 cm³/mol. The smallest absolute Gasteiger partial charge is 0.256 e. The van der Waals surface area contributed by atoms with Gasteiger partial charge in [-0.1, -0.05) is 23.7 Å². The van der Waals surface area contributed by atoms with Gasteiger partial charge < -0.3 is 15.1 Å². The van der Waals surface area contributed by atoms with Gasteiger partial charge in [0.25, 0.3) is 5.91 Å². The minimum atomic E-state index is -0.488. The summed E-state index contributed by atoms with van der Waals surface area (Å²) >= 11 is 7.50. The zero-order chi connectivity index (χ0) is 21.1. The summed E-state index contributed by atoms with van der Waals surface area (Å²) in [7, 11) is 0. The Balaban J connectivity index is 1.40. The zero-order valence-corrected chi connectivity index (χ0v) is 17.9. The van der Waals surface area contributed by atoms with Crippen molar-refractivity contribution in [2.45, 2.75) is 23.8 Å². The number of fused-ring (bicyclic) bond motifs is 2. The van der Waals surface area contributed by atoms with Gasteiger partial charge in [0.05, 0.1) is 11.3 Å². The fourth-order valence-electron chi connectivity index (χ4n) is 3.86. The third-order valence-corrected chi connectivity index (χ3v) is 6.56. The van der Waals surface area contributed by atoms with E-state index >= 15 is 0 Å². The quantitative estimate of drug-likeness (QED) is 0.549. The molecule has 4 rings (SSSR count). The molecule has 6 nitrogen and oxygen atoms in total. The van der Waals surface area contributed by atoms with E-state index in [-0.39, 0.29) is 24.3 Å².